The fourth-order valence-electron chi connectivity index (χ4n) is 3.67. The molecule has 3 aromatic rings. The van der Waals surface area contributed by atoms with E-state index in [4.69, 9.17) is 0 Å². The van der Waals surface area contributed by atoms with Crippen LogP contribution in [0.3, 0.4) is 0 Å². The van der Waals surface area contributed by atoms with Gasteiger partial charge in [-0.1, -0.05) is 35.0 Å². The maximum Gasteiger partial charge on any atom is 0.244 e. The van der Waals surface area contributed by atoms with E-state index in [9.17, 15) is 13.2 Å². The largest absolute Gasteiger partial charge is 0.338 e. The van der Waals surface area contributed by atoms with Gasteiger partial charge in [0.1, 0.15) is 12.1 Å². The summed E-state index contributed by atoms with van der Waals surface area (Å²) in [7, 11) is -3.57. The summed E-state index contributed by atoms with van der Waals surface area (Å²) < 4.78 is 29.0. The fraction of sp³-hybridized carbons (Fsp3) is 0.350. The lowest BCUT2D eigenvalue weighted by molar-refractivity contribution is -0.133. The van der Waals surface area contributed by atoms with Crippen LogP contribution in [0.4, 0.5) is 0 Å². The number of benzene rings is 2. The van der Waals surface area contributed by atoms with Gasteiger partial charge in [-0.05, 0) is 37.6 Å². The van der Waals surface area contributed by atoms with E-state index in [1.54, 1.807) is 15.6 Å². The molecule has 2 aromatic carbocycles. The molecule has 0 atom stereocenters. The highest BCUT2D eigenvalue weighted by molar-refractivity contribution is 7.89. The molecule has 8 nitrogen and oxygen atoms in total. The number of aryl methyl sites for hydroxylation is 2. The van der Waals surface area contributed by atoms with E-state index in [2.05, 4.69) is 10.3 Å². The molecule has 29 heavy (non-hydrogen) atoms. The molecule has 0 aliphatic carbocycles. The van der Waals surface area contributed by atoms with Crippen molar-refractivity contribution in [2.24, 2.45) is 0 Å². The first-order valence-electron chi connectivity index (χ1n) is 9.50. The van der Waals surface area contributed by atoms with Crippen LogP contribution in [0.25, 0.3) is 11.0 Å². The molecule has 152 valence electrons. The minimum Gasteiger partial charge on any atom is -0.338 e. The third-order valence-electron chi connectivity index (χ3n) is 5.24. The van der Waals surface area contributed by atoms with Crippen molar-refractivity contribution in [1.29, 1.82) is 0 Å². The van der Waals surface area contributed by atoms with Gasteiger partial charge in [0, 0.05) is 26.2 Å². The van der Waals surface area contributed by atoms with Crippen LogP contribution < -0.4 is 0 Å². The second-order valence-corrected chi connectivity index (χ2v) is 9.20. The average Bonchev–Trinajstić information content (AvgIpc) is 3.11. The number of amides is 1. The van der Waals surface area contributed by atoms with E-state index in [0.29, 0.717) is 18.0 Å². The van der Waals surface area contributed by atoms with Gasteiger partial charge in [-0.2, -0.15) is 4.31 Å². The van der Waals surface area contributed by atoms with Crippen molar-refractivity contribution >= 4 is 27.0 Å². The summed E-state index contributed by atoms with van der Waals surface area (Å²) in [4.78, 5) is 14.7. The highest BCUT2D eigenvalue weighted by atomic mass is 32.2. The molecule has 1 aromatic heterocycles. The summed E-state index contributed by atoms with van der Waals surface area (Å²) in [5.74, 6) is -0.0933. The van der Waals surface area contributed by atoms with Crippen LogP contribution in [-0.2, 0) is 21.4 Å². The van der Waals surface area contributed by atoms with Gasteiger partial charge < -0.3 is 4.90 Å². The molecule has 0 bridgehead atoms. The first-order valence-corrected chi connectivity index (χ1v) is 10.9. The molecule has 1 aliphatic rings. The molecule has 2 heterocycles. The van der Waals surface area contributed by atoms with Gasteiger partial charge in [-0.15, -0.1) is 5.10 Å². The second-order valence-electron chi connectivity index (χ2n) is 7.29. The van der Waals surface area contributed by atoms with E-state index in [1.165, 1.54) is 4.31 Å². The topological polar surface area (TPSA) is 88.4 Å². The molecule has 4 rings (SSSR count). The number of aromatic nitrogens is 3. The first-order chi connectivity index (χ1) is 13.9. The Hall–Kier alpha value is -2.78. The Labute approximate surface area is 169 Å². The Morgan fingerprint density at radius 3 is 2.48 bits per heavy atom. The van der Waals surface area contributed by atoms with Crippen LogP contribution in [0, 0.1) is 13.8 Å². The summed E-state index contributed by atoms with van der Waals surface area (Å²) >= 11 is 0. The molecule has 1 aliphatic heterocycles. The van der Waals surface area contributed by atoms with E-state index in [-0.39, 0.29) is 25.5 Å². The van der Waals surface area contributed by atoms with E-state index in [0.717, 1.165) is 22.2 Å². The number of carbonyl (C=O) groups excluding carboxylic acids is 1. The standard InChI is InChI=1S/C20H23N5O3S/c1-15-7-8-19(16(2)13-15)29(27,28)24-11-9-23(10-12-24)20(26)14-25-18-6-4-3-5-17(18)21-22-25/h3-8,13H,9-12,14H2,1-2H3. The molecule has 1 saturated heterocycles. The van der Waals surface area contributed by atoms with Gasteiger partial charge in [0.05, 0.1) is 10.4 Å². The molecule has 1 fully saturated rings. The van der Waals surface area contributed by atoms with Crippen molar-refractivity contribution in [2.45, 2.75) is 25.3 Å². The SMILES string of the molecule is Cc1ccc(S(=O)(=O)N2CCN(C(=O)Cn3nnc4ccccc43)CC2)c(C)c1. The highest BCUT2D eigenvalue weighted by Crippen LogP contribution is 2.22. The monoisotopic (exact) mass is 413 g/mol. The lowest BCUT2D eigenvalue weighted by atomic mass is 10.2. The number of hydrogen-bond donors (Lipinski definition) is 0. The quantitative estimate of drug-likeness (QED) is 0.648. The summed E-state index contributed by atoms with van der Waals surface area (Å²) in [6, 6.07) is 12.8. The Morgan fingerprint density at radius 1 is 1.03 bits per heavy atom. The van der Waals surface area contributed by atoms with Gasteiger partial charge in [-0.25, -0.2) is 13.1 Å². The lowest BCUT2D eigenvalue weighted by Gasteiger charge is -2.34. The third-order valence-corrected chi connectivity index (χ3v) is 7.30. The number of fused-ring (bicyclic) bond motifs is 1. The van der Waals surface area contributed by atoms with Crippen molar-refractivity contribution < 1.29 is 13.2 Å². The number of nitrogens with zero attached hydrogens (tertiary/aromatic N) is 5. The van der Waals surface area contributed by atoms with Gasteiger partial charge in [0.25, 0.3) is 0 Å². The lowest BCUT2D eigenvalue weighted by Crippen LogP contribution is -2.51. The van der Waals surface area contributed by atoms with E-state index >= 15 is 0 Å². The first kappa shape index (κ1) is 19.5. The van der Waals surface area contributed by atoms with Crippen LogP contribution >= 0.6 is 0 Å². The van der Waals surface area contributed by atoms with Crippen LogP contribution in [0.5, 0.6) is 0 Å². The van der Waals surface area contributed by atoms with Crippen molar-refractivity contribution in [1.82, 2.24) is 24.2 Å². The maximum atomic E-state index is 13.0. The Morgan fingerprint density at radius 2 is 1.76 bits per heavy atom. The van der Waals surface area contributed by atoms with Crippen LogP contribution in [-0.4, -0.2) is 64.7 Å². The molecule has 0 saturated carbocycles. The zero-order chi connectivity index (χ0) is 20.6. The Bertz CT molecular complexity index is 1160. The number of carbonyl (C=O) groups is 1. The van der Waals surface area contributed by atoms with E-state index in [1.807, 2.05) is 50.2 Å². The fourth-order valence-corrected chi connectivity index (χ4v) is 5.30. The predicted molar refractivity (Wildman–Crippen MR) is 109 cm³/mol. The van der Waals surface area contributed by atoms with Crippen molar-refractivity contribution in [3.8, 4) is 0 Å². The van der Waals surface area contributed by atoms with Gasteiger partial charge >= 0.3 is 0 Å². The zero-order valence-electron chi connectivity index (χ0n) is 16.4. The molecule has 0 unspecified atom stereocenters. The third kappa shape index (κ3) is 3.75. The summed E-state index contributed by atoms with van der Waals surface area (Å²) in [6.07, 6.45) is 0. The number of piperazine rings is 1. The normalized spacial score (nSPS) is 15.7. The molecule has 0 spiro atoms. The maximum absolute atomic E-state index is 13.0. The summed E-state index contributed by atoms with van der Waals surface area (Å²) in [5, 5.41) is 8.12. The highest BCUT2D eigenvalue weighted by Gasteiger charge is 2.31. The molecule has 0 radical (unpaired) electrons. The molecular formula is C20H23N5O3S. The smallest absolute Gasteiger partial charge is 0.244 e. The van der Waals surface area contributed by atoms with Gasteiger partial charge in [0.15, 0.2) is 0 Å². The minimum absolute atomic E-state index is 0.0876. The van der Waals surface area contributed by atoms with Crippen molar-refractivity contribution in [3.05, 3.63) is 53.6 Å². The number of hydrogen-bond acceptors (Lipinski definition) is 5. The number of rotatable bonds is 4. The van der Waals surface area contributed by atoms with E-state index < -0.39 is 10.0 Å². The van der Waals surface area contributed by atoms with Crippen LogP contribution in [0.15, 0.2) is 47.4 Å². The molecule has 1 amide bonds. The summed E-state index contributed by atoms with van der Waals surface area (Å²) in [5.41, 5.74) is 3.31. The van der Waals surface area contributed by atoms with Crippen molar-refractivity contribution in [2.75, 3.05) is 26.2 Å². The average molecular weight is 414 g/mol. The number of sulfonamides is 1. The molecule has 0 N–H and O–H groups in total. The number of para-hydroxylation sites is 1. The van der Waals surface area contributed by atoms with Gasteiger partial charge in [-0.3, -0.25) is 4.79 Å². The predicted octanol–water partition coefficient (Wildman–Crippen LogP) is 1.58. The summed E-state index contributed by atoms with van der Waals surface area (Å²) in [6.45, 7) is 5.10. The second kappa shape index (κ2) is 7.57. The zero-order valence-corrected chi connectivity index (χ0v) is 17.3. The Kier molecular flexibility index (Phi) is 5.10. The molecule has 9 heteroatoms. The minimum atomic E-state index is -3.57. The van der Waals surface area contributed by atoms with Crippen LogP contribution in [0.2, 0.25) is 0 Å². The molecular weight excluding hydrogens is 390 g/mol. The van der Waals surface area contributed by atoms with Crippen LogP contribution in [0.1, 0.15) is 11.1 Å². The van der Waals surface area contributed by atoms with Crippen molar-refractivity contribution in [3.63, 3.8) is 0 Å². The van der Waals surface area contributed by atoms with Gasteiger partial charge in [0.2, 0.25) is 15.9 Å². The Balaban J connectivity index is 1.43.